The summed E-state index contributed by atoms with van der Waals surface area (Å²) in [5.41, 5.74) is 9.89. The molecule has 0 radical (unpaired) electrons. The number of nitrogens with zero attached hydrogens (tertiary/aromatic N) is 4. The van der Waals surface area contributed by atoms with Crippen molar-refractivity contribution in [2.45, 2.75) is 46.6 Å². The van der Waals surface area contributed by atoms with E-state index in [9.17, 15) is 0 Å². The van der Waals surface area contributed by atoms with Gasteiger partial charge in [-0.15, -0.1) is 0 Å². The van der Waals surface area contributed by atoms with Gasteiger partial charge < -0.3 is 14.8 Å². The molecular weight excluding hydrogens is 406 g/mol. The van der Waals surface area contributed by atoms with Crippen LogP contribution < -0.4 is 9.80 Å². The lowest BCUT2D eigenvalue weighted by Gasteiger charge is -2.34. The fourth-order valence-corrected chi connectivity index (χ4v) is 4.96. The molecule has 4 aromatic rings. The van der Waals surface area contributed by atoms with Gasteiger partial charge in [0.05, 0.1) is 5.69 Å². The molecule has 0 bridgehead atoms. The number of aromatic nitrogens is 3. The molecule has 0 atom stereocenters. The summed E-state index contributed by atoms with van der Waals surface area (Å²) in [5, 5.41) is 1.21. The SMILES string of the molecule is Cc1ccc(C(C)C)cc1N1CCc2nc(-c3cccc4[nH]cc(C)c34)nc(N(C)C)c2C1. The number of hydrogen-bond donors (Lipinski definition) is 1. The first-order valence-electron chi connectivity index (χ1n) is 11.8. The van der Waals surface area contributed by atoms with Crippen molar-refractivity contribution >= 4 is 22.4 Å². The van der Waals surface area contributed by atoms with E-state index in [1.54, 1.807) is 0 Å². The second kappa shape index (κ2) is 8.22. The fourth-order valence-electron chi connectivity index (χ4n) is 4.96. The molecule has 0 fully saturated rings. The molecule has 33 heavy (non-hydrogen) atoms. The molecule has 170 valence electrons. The van der Waals surface area contributed by atoms with Crippen LogP contribution in [0.25, 0.3) is 22.3 Å². The van der Waals surface area contributed by atoms with E-state index in [2.05, 4.69) is 99.2 Å². The van der Waals surface area contributed by atoms with Crippen molar-refractivity contribution in [2.24, 2.45) is 0 Å². The molecule has 5 heteroatoms. The van der Waals surface area contributed by atoms with Crippen LogP contribution in [0.15, 0.2) is 42.6 Å². The van der Waals surface area contributed by atoms with E-state index in [0.29, 0.717) is 5.92 Å². The third-order valence-electron chi connectivity index (χ3n) is 6.85. The molecule has 0 aliphatic carbocycles. The van der Waals surface area contributed by atoms with Crippen LogP contribution in [0, 0.1) is 13.8 Å². The summed E-state index contributed by atoms with van der Waals surface area (Å²) in [5.74, 6) is 2.35. The van der Waals surface area contributed by atoms with Crippen LogP contribution in [0.5, 0.6) is 0 Å². The molecule has 0 saturated carbocycles. The van der Waals surface area contributed by atoms with Gasteiger partial charge in [-0.3, -0.25) is 0 Å². The first kappa shape index (κ1) is 21.5. The molecular formula is C28H33N5. The van der Waals surface area contributed by atoms with Crippen molar-refractivity contribution in [3.63, 3.8) is 0 Å². The van der Waals surface area contributed by atoms with E-state index < -0.39 is 0 Å². The lowest BCUT2D eigenvalue weighted by molar-refractivity contribution is 0.701. The molecule has 2 aromatic heterocycles. The molecule has 1 aliphatic heterocycles. The van der Waals surface area contributed by atoms with Crippen molar-refractivity contribution in [1.82, 2.24) is 15.0 Å². The molecule has 1 N–H and O–H groups in total. The normalized spacial score (nSPS) is 13.6. The topological polar surface area (TPSA) is 48.1 Å². The monoisotopic (exact) mass is 439 g/mol. The van der Waals surface area contributed by atoms with E-state index >= 15 is 0 Å². The second-order valence-corrected chi connectivity index (χ2v) is 9.76. The summed E-state index contributed by atoms with van der Waals surface area (Å²) in [4.78, 5) is 18.2. The van der Waals surface area contributed by atoms with Gasteiger partial charge in [-0.25, -0.2) is 9.97 Å². The Balaban J connectivity index is 1.59. The zero-order chi connectivity index (χ0) is 23.3. The molecule has 0 unspecified atom stereocenters. The third-order valence-corrected chi connectivity index (χ3v) is 6.85. The second-order valence-electron chi connectivity index (χ2n) is 9.76. The van der Waals surface area contributed by atoms with E-state index in [4.69, 9.17) is 9.97 Å². The molecule has 0 spiro atoms. The highest BCUT2D eigenvalue weighted by molar-refractivity contribution is 5.96. The Hall–Kier alpha value is -3.34. The molecule has 0 saturated heterocycles. The highest BCUT2D eigenvalue weighted by atomic mass is 15.2. The van der Waals surface area contributed by atoms with Crippen LogP contribution in [0.3, 0.4) is 0 Å². The highest BCUT2D eigenvalue weighted by Gasteiger charge is 2.25. The molecule has 2 aromatic carbocycles. The lowest BCUT2D eigenvalue weighted by Crippen LogP contribution is -2.33. The van der Waals surface area contributed by atoms with E-state index in [-0.39, 0.29) is 0 Å². The van der Waals surface area contributed by atoms with Crippen molar-refractivity contribution < 1.29 is 0 Å². The van der Waals surface area contributed by atoms with Crippen molar-refractivity contribution in [3.8, 4) is 11.4 Å². The number of H-pyrrole nitrogens is 1. The highest BCUT2D eigenvalue weighted by Crippen LogP contribution is 2.35. The summed E-state index contributed by atoms with van der Waals surface area (Å²) >= 11 is 0. The third kappa shape index (κ3) is 3.75. The number of aryl methyl sites for hydroxylation is 2. The van der Waals surface area contributed by atoms with Crippen LogP contribution in [0.1, 0.15) is 47.7 Å². The van der Waals surface area contributed by atoms with E-state index in [0.717, 1.165) is 42.2 Å². The predicted octanol–water partition coefficient (Wildman–Crippen LogP) is 5.99. The summed E-state index contributed by atoms with van der Waals surface area (Å²) in [6.07, 6.45) is 2.98. The summed E-state index contributed by atoms with van der Waals surface area (Å²) in [7, 11) is 4.16. The van der Waals surface area contributed by atoms with Crippen LogP contribution >= 0.6 is 0 Å². The van der Waals surface area contributed by atoms with Crippen LogP contribution in [0.4, 0.5) is 11.5 Å². The number of hydrogen-bond acceptors (Lipinski definition) is 4. The van der Waals surface area contributed by atoms with Crippen LogP contribution in [0.2, 0.25) is 0 Å². The average Bonchev–Trinajstić information content (AvgIpc) is 3.19. The van der Waals surface area contributed by atoms with Gasteiger partial charge in [0.1, 0.15) is 5.82 Å². The number of anilines is 2. The van der Waals surface area contributed by atoms with Crippen molar-refractivity contribution in [1.29, 1.82) is 0 Å². The summed E-state index contributed by atoms with van der Waals surface area (Å²) in [6.45, 7) is 10.7. The maximum absolute atomic E-state index is 5.12. The fraction of sp³-hybridized carbons (Fsp3) is 0.357. The molecule has 3 heterocycles. The van der Waals surface area contributed by atoms with Gasteiger partial charge in [-0.05, 0) is 48.6 Å². The van der Waals surface area contributed by atoms with Crippen molar-refractivity contribution in [2.75, 3.05) is 30.4 Å². The summed E-state index contributed by atoms with van der Waals surface area (Å²) < 4.78 is 0. The smallest absolute Gasteiger partial charge is 0.162 e. The van der Waals surface area contributed by atoms with E-state index in [1.165, 1.54) is 39.0 Å². The van der Waals surface area contributed by atoms with Crippen molar-refractivity contribution in [3.05, 3.63) is 70.5 Å². The number of fused-ring (bicyclic) bond motifs is 2. The Bertz CT molecular complexity index is 1330. The van der Waals surface area contributed by atoms with Gasteiger partial charge in [0.2, 0.25) is 0 Å². The molecule has 5 nitrogen and oxygen atoms in total. The average molecular weight is 440 g/mol. The van der Waals surface area contributed by atoms with E-state index in [1.807, 2.05) is 0 Å². The minimum absolute atomic E-state index is 0.518. The van der Waals surface area contributed by atoms with Gasteiger partial charge in [0.25, 0.3) is 0 Å². The number of aromatic amines is 1. The Labute approximate surface area is 196 Å². The maximum Gasteiger partial charge on any atom is 0.162 e. The minimum atomic E-state index is 0.518. The molecule has 5 rings (SSSR count). The maximum atomic E-state index is 5.12. The van der Waals surface area contributed by atoms with Crippen LogP contribution in [-0.4, -0.2) is 35.6 Å². The Morgan fingerprint density at radius 3 is 2.61 bits per heavy atom. The molecule has 1 aliphatic rings. The Kier molecular flexibility index (Phi) is 5.35. The quantitative estimate of drug-likeness (QED) is 0.424. The van der Waals surface area contributed by atoms with Gasteiger partial charge in [-0.1, -0.05) is 38.1 Å². The molecule has 0 amide bonds. The van der Waals surface area contributed by atoms with Gasteiger partial charge in [-0.2, -0.15) is 0 Å². The summed E-state index contributed by atoms with van der Waals surface area (Å²) in [6, 6.07) is 13.2. The number of nitrogens with one attached hydrogen (secondary N) is 1. The zero-order valence-electron chi connectivity index (χ0n) is 20.5. The van der Waals surface area contributed by atoms with Crippen LogP contribution in [-0.2, 0) is 13.0 Å². The lowest BCUT2D eigenvalue weighted by atomic mass is 9.98. The largest absolute Gasteiger partial charge is 0.366 e. The van der Waals surface area contributed by atoms with Gasteiger partial charge in [0, 0.05) is 67.5 Å². The number of benzene rings is 2. The standard InChI is InChI=1S/C28H33N5/c1-17(2)20-11-10-18(3)25(14-20)33-13-12-23-22(16-33)28(32(5)6)31-27(30-23)21-8-7-9-24-26(21)19(4)15-29-24/h7-11,14-15,17,29H,12-13,16H2,1-6H3. The predicted molar refractivity (Wildman–Crippen MR) is 138 cm³/mol. The minimum Gasteiger partial charge on any atom is -0.366 e. The first-order chi connectivity index (χ1) is 15.8. The Morgan fingerprint density at radius 1 is 1.03 bits per heavy atom. The van der Waals surface area contributed by atoms with Gasteiger partial charge in [0.15, 0.2) is 5.82 Å². The Morgan fingerprint density at radius 2 is 1.85 bits per heavy atom. The van der Waals surface area contributed by atoms with Gasteiger partial charge >= 0.3 is 0 Å². The first-order valence-corrected chi connectivity index (χ1v) is 11.8. The zero-order valence-corrected chi connectivity index (χ0v) is 20.5. The number of rotatable bonds is 4.